The molecule has 6 heteroatoms. The van der Waals surface area contributed by atoms with Gasteiger partial charge in [0.25, 0.3) is 0 Å². The van der Waals surface area contributed by atoms with E-state index in [1.54, 1.807) is 17.4 Å². The third-order valence-electron chi connectivity index (χ3n) is 4.62. The Bertz CT molecular complexity index is 915. The molecule has 0 saturated heterocycles. The van der Waals surface area contributed by atoms with E-state index in [1.807, 2.05) is 48.7 Å². The maximum Gasteiger partial charge on any atom is 0.331 e. The number of hydrogen-bond donors (Lipinski definition) is 0. The van der Waals surface area contributed by atoms with Gasteiger partial charge in [-0.05, 0) is 24.1 Å². The van der Waals surface area contributed by atoms with E-state index in [4.69, 9.17) is 9.47 Å². The SMILES string of the molecule is CC(=O)OC1CC=CCC(OC(=O)C=Cc2csc(C)n2)Cc2ccccc2C1. The number of carbonyl (C=O) groups excluding carboxylic acids is 2. The quantitative estimate of drug-likeness (QED) is 0.423. The second-order valence-corrected chi connectivity index (χ2v) is 8.10. The summed E-state index contributed by atoms with van der Waals surface area (Å²) in [7, 11) is 0. The van der Waals surface area contributed by atoms with E-state index in [1.165, 1.54) is 13.0 Å². The molecule has 0 N–H and O–H groups in total. The van der Waals surface area contributed by atoms with Crippen molar-refractivity contribution in [2.75, 3.05) is 0 Å². The molecule has 0 fully saturated rings. The first-order chi connectivity index (χ1) is 14.0. The predicted octanol–water partition coefficient (Wildman–Crippen LogP) is 4.44. The molecular weight excluding hydrogens is 386 g/mol. The van der Waals surface area contributed by atoms with Crippen LogP contribution in [0.2, 0.25) is 0 Å². The van der Waals surface area contributed by atoms with Gasteiger partial charge in [-0.2, -0.15) is 0 Å². The molecular formula is C23H25NO4S. The van der Waals surface area contributed by atoms with E-state index in [-0.39, 0.29) is 24.1 Å². The molecule has 0 saturated carbocycles. The summed E-state index contributed by atoms with van der Waals surface area (Å²) in [6.45, 7) is 3.36. The van der Waals surface area contributed by atoms with E-state index < -0.39 is 0 Å². The number of benzene rings is 1. The molecule has 29 heavy (non-hydrogen) atoms. The van der Waals surface area contributed by atoms with Gasteiger partial charge in [0.15, 0.2) is 0 Å². The largest absolute Gasteiger partial charge is 0.462 e. The minimum Gasteiger partial charge on any atom is -0.462 e. The van der Waals surface area contributed by atoms with Crippen molar-refractivity contribution in [3.63, 3.8) is 0 Å². The standard InChI is InChI=1S/C23H25NO4S/c1-16-24-20(15-29-16)11-12-23(26)28-22-10-6-5-9-21(27-17(2)25)13-18-7-3-4-8-19(18)14-22/h3-8,11-12,15,21-22H,9-10,13-14H2,1-2H3. The van der Waals surface area contributed by atoms with Crippen molar-refractivity contribution in [1.82, 2.24) is 4.98 Å². The predicted molar refractivity (Wildman–Crippen MR) is 114 cm³/mol. The zero-order valence-electron chi connectivity index (χ0n) is 16.7. The fourth-order valence-electron chi connectivity index (χ4n) is 3.34. The molecule has 3 rings (SSSR count). The monoisotopic (exact) mass is 411 g/mol. The van der Waals surface area contributed by atoms with Gasteiger partial charge in [-0.3, -0.25) is 4.79 Å². The van der Waals surface area contributed by atoms with Gasteiger partial charge in [0.2, 0.25) is 0 Å². The molecule has 5 nitrogen and oxygen atoms in total. The fraction of sp³-hybridized carbons (Fsp3) is 0.348. The van der Waals surface area contributed by atoms with Crippen molar-refractivity contribution >= 4 is 29.4 Å². The van der Waals surface area contributed by atoms with Gasteiger partial charge in [0, 0.05) is 44.1 Å². The van der Waals surface area contributed by atoms with Crippen LogP contribution in [0.25, 0.3) is 6.08 Å². The van der Waals surface area contributed by atoms with Crippen LogP contribution in [-0.4, -0.2) is 29.1 Å². The van der Waals surface area contributed by atoms with Crippen LogP contribution < -0.4 is 0 Å². The lowest BCUT2D eigenvalue weighted by atomic mass is 9.94. The van der Waals surface area contributed by atoms with Crippen molar-refractivity contribution in [2.24, 2.45) is 0 Å². The number of ether oxygens (including phenoxy) is 2. The van der Waals surface area contributed by atoms with Crippen LogP contribution in [0, 0.1) is 6.92 Å². The van der Waals surface area contributed by atoms with Gasteiger partial charge < -0.3 is 9.47 Å². The van der Waals surface area contributed by atoms with Gasteiger partial charge in [0.05, 0.1) is 10.7 Å². The summed E-state index contributed by atoms with van der Waals surface area (Å²) >= 11 is 1.54. The molecule has 2 aromatic rings. The topological polar surface area (TPSA) is 65.5 Å². The highest BCUT2D eigenvalue weighted by atomic mass is 32.1. The molecule has 0 bridgehead atoms. The summed E-state index contributed by atoms with van der Waals surface area (Å²) in [5.41, 5.74) is 2.98. The molecule has 0 aliphatic heterocycles. The molecule has 0 radical (unpaired) electrons. The highest BCUT2D eigenvalue weighted by Gasteiger charge is 2.19. The summed E-state index contributed by atoms with van der Waals surface area (Å²) < 4.78 is 11.2. The van der Waals surface area contributed by atoms with E-state index >= 15 is 0 Å². The first-order valence-electron chi connectivity index (χ1n) is 9.69. The Hall–Kier alpha value is -2.73. The van der Waals surface area contributed by atoms with Gasteiger partial charge in [-0.1, -0.05) is 36.4 Å². The first-order valence-corrected chi connectivity index (χ1v) is 10.6. The van der Waals surface area contributed by atoms with Crippen molar-refractivity contribution < 1.29 is 19.1 Å². The van der Waals surface area contributed by atoms with E-state index in [0.717, 1.165) is 21.8 Å². The van der Waals surface area contributed by atoms with Crippen molar-refractivity contribution in [3.05, 3.63) is 69.7 Å². The van der Waals surface area contributed by atoms with E-state index in [2.05, 4.69) is 4.98 Å². The third kappa shape index (κ3) is 6.68. The van der Waals surface area contributed by atoms with Crippen LogP contribution in [0.1, 0.15) is 41.6 Å². The lowest BCUT2D eigenvalue weighted by Crippen LogP contribution is -2.23. The molecule has 1 aliphatic carbocycles. The summed E-state index contributed by atoms with van der Waals surface area (Å²) in [6, 6.07) is 8.04. The van der Waals surface area contributed by atoms with Crippen molar-refractivity contribution in [3.8, 4) is 0 Å². The number of carbonyl (C=O) groups is 2. The number of aromatic nitrogens is 1. The molecule has 0 spiro atoms. The van der Waals surface area contributed by atoms with Gasteiger partial charge in [-0.15, -0.1) is 11.3 Å². The van der Waals surface area contributed by atoms with Crippen molar-refractivity contribution in [1.29, 1.82) is 0 Å². The Labute approximate surface area is 175 Å². The average molecular weight is 412 g/mol. The van der Waals surface area contributed by atoms with Gasteiger partial charge in [0.1, 0.15) is 12.2 Å². The highest BCUT2D eigenvalue weighted by Crippen LogP contribution is 2.21. The van der Waals surface area contributed by atoms with Crippen LogP contribution in [0.5, 0.6) is 0 Å². The Kier molecular flexibility index (Phi) is 7.36. The van der Waals surface area contributed by atoms with Gasteiger partial charge >= 0.3 is 11.9 Å². The maximum atomic E-state index is 12.3. The Morgan fingerprint density at radius 1 is 1.07 bits per heavy atom. The van der Waals surface area contributed by atoms with Crippen molar-refractivity contribution in [2.45, 2.75) is 51.7 Å². The van der Waals surface area contributed by atoms with Crippen LogP contribution in [0.3, 0.4) is 0 Å². The molecule has 152 valence electrons. The minimum atomic E-state index is -0.374. The molecule has 0 amide bonds. The van der Waals surface area contributed by atoms with Gasteiger partial charge in [-0.25, -0.2) is 9.78 Å². The first kappa shape index (κ1) is 21.0. The van der Waals surface area contributed by atoms with Crippen LogP contribution >= 0.6 is 11.3 Å². The summed E-state index contributed by atoms with van der Waals surface area (Å²) in [5, 5.41) is 2.86. The number of hydrogen-bond acceptors (Lipinski definition) is 6. The molecule has 2 atom stereocenters. The molecule has 2 unspecified atom stereocenters. The number of aryl methyl sites for hydroxylation is 1. The highest BCUT2D eigenvalue weighted by molar-refractivity contribution is 7.09. The lowest BCUT2D eigenvalue weighted by Gasteiger charge is -2.22. The number of nitrogens with zero attached hydrogens (tertiary/aromatic N) is 1. The van der Waals surface area contributed by atoms with E-state index in [9.17, 15) is 9.59 Å². The van der Waals surface area contributed by atoms with E-state index in [0.29, 0.717) is 25.7 Å². The minimum absolute atomic E-state index is 0.187. The Morgan fingerprint density at radius 2 is 1.69 bits per heavy atom. The third-order valence-corrected chi connectivity index (χ3v) is 5.41. The Balaban J connectivity index is 1.71. The molecule has 1 aromatic heterocycles. The number of esters is 2. The fourth-order valence-corrected chi connectivity index (χ4v) is 3.92. The lowest BCUT2D eigenvalue weighted by molar-refractivity contribution is -0.146. The number of thiazole rings is 1. The van der Waals surface area contributed by atoms with Crippen LogP contribution in [0.15, 0.2) is 47.9 Å². The maximum absolute atomic E-state index is 12.3. The second-order valence-electron chi connectivity index (χ2n) is 7.03. The summed E-state index contributed by atoms with van der Waals surface area (Å²) in [4.78, 5) is 28.0. The van der Waals surface area contributed by atoms with Crippen LogP contribution in [0.4, 0.5) is 0 Å². The smallest absolute Gasteiger partial charge is 0.331 e. The average Bonchev–Trinajstić information content (AvgIpc) is 3.09. The Morgan fingerprint density at radius 3 is 2.24 bits per heavy atom. The second kappa shape index (κ2) is 10.2. The molecule has 1 heterocycles. The van der Waals surface area contributed by atoms with Crippen LogP contribution in [-0.2, 0) is 31.9 Å². The normalized spacial score (nSPS) is 19.5. The summed E-state index contributed by atoms with van der Waals surface area (Å²) in [5.74, 6) is -0.645. The molecule has 1 aliphatic rings. The summed E-state index contributed by atoms with van der Waals surface area (Å²) in [6.07, 6.45) is 9.16. The number of rotatable bonds is 4. The zero-order valence-corrected chi connectivity index (χ0v) is 17.5. The molecule has 1 aromatic carbocycles. The zero-order chi connectivity index (χ0) is 20.6. The number of fused-ring (bicyclic) bond motifs is 1.